The monoisotopic (exact) mass is 305 g/mol. The van der Waals surface area contributed by atoms with Gasteiger partial charge in [0.15, 0.2) is 0 Å². The second kappa shape index (κ2) is 4.90. The van der Waals surface area contributed by atoms with E-state index >= 15 is 0 Å². The maximum atomic E-state index is 9.96. The molecule has 3 rings (SSSR count). The van der Waals surface area contributed by atoms with Gasteiger partial charge in [0.1, 0.15) is 0 Å². The van der Waals surface area contributed by atoms with E-state index in [4.69, 9.17) is 0 Å². The molecular weight excluding hydrogens is 290 g/mol. The minimum atomic E-state index is -0.264. The molecule has 0 bridgehead atoms. The maximum absolute atomic E-state index is 9.96. The van der Waals surface area contributed by atoms with Crippen molar-refractivity contribution in [2.75, 3.05) is 0 Å². The topological polar surface area (TPSA) is 25.2 Å². The van der Waals surface area contributed by atoms with Crippen molar-refractivity contribution in [2.45, 2.75) is 31.9 Å². The lowest BCUT2D eigenvalue weighted by Crippen LogP contribution is -2.12. The minimum Gasteiger partial charge on any atom is -0.388 e. The number of rotatable bonds is 2. The molecule has 0 saturated heterocycles. The number of hydrogen-bond acceptors (Lipinski definition) is 1. The Morgan fingerprint density at radius 1 is 1.22 bits per heavy atom. The molecule has 0 aliphatic heterocycles. The number of aliphatic hydroxyl groups is 1. The van der Waals surface area contributed by atoms with Gasteiger partial charge < -0.3 is 9.67 Å². The van der Waals surface area contributed by atoms with Crippen LogP contribution >= 0.6 is 15.9 Å². The third kappa shape index (κ3) is 2.25. The van der Waals surface area contributed by atoms with Crippen LogP contribution in [0, 0.1) is 0 Å². The van der Waals surface area contributed by atoms with Crippen LogP contribution in [0.25, 0.3) is 0 Å². The molecule has 94 valence electrons. The van der Waals surface area contributed by atoms with E-state index < -0.39 is 0 Å². The highest BCUT2D eigenvalue weighted by atomic mass is 79.9. The Labute approximate surface area is 115 Å². The highest BCUT2D eigenvalue weighted by Gasteiger charge is 2.20. The molecule has 1 aliphatic carbocycles. The molecule has 1 N–H and O–H groups in total. The Balaban J connectivity index is 1.87. The molecule has 1 aliphatic rings. The van der Waals surface area contributed by atoms with Gasteiger partial charge in [-0.2, -0.15) is 0 Å². The van der Waals surface area contributed by atoms with E-state index in [2.05, 4.69) is 57.0 Å². The lowest BCUT2D eigenvalue weighted by molar-refractivity contribution is 0.156. The van der Waals surface area contributed by atoms with Gasteiger partial charge in [-0.3, -0.25) is 0 Å². The first-order valence-corrected chi connectivity index (χ1v) is 7.14. The molecule has 1 aromatic heterocycles. The van der Waals surface area contributed by atoms with Crippen LogP contribution in [-0.2, 0) is 13.0 Å². The van der Waals surface area contributed by atoms with Gasteiger partial charge in [-0.05, 0) is 43.0 Å². The predicted octanol–water partition coefficient (Wildman–Crippen LogP) is 3.67. The Hall–Kier alpha value is -1.06. The third-order valence-electron chi connectivity index (χ3n) is 3.63. The van der Waals surface area contributed by atoms with Crippen LogP contribution in [0.4, 0.5) is 0 Å². The summed E-state index contributed by atoms with van der Waals surface area (Å²) in [6, 6.07) is 10.5. The van der Waals surface area contributed by atoms with Crippen LogP contribution < -0.4 is 0 Å². The van der Waals surface area contributed by atoms with Crippen molar-refractivity contribution in [2.24, 2.45) is 0 Å². The molecule has 2 aromatic rings. The zero-order valence-electron chi connectivity index (χ0n) is 10.1. The van der Waals surface area contributed by atoms with E-state index in [-0.39, 0.29) is 6.10 Å². The molecule has 0 fully saturated rings. The SMILES string of the molecule is OC1CCCc2c1ccn2Cc1ccc(Br)cc1. The van der Waals surface area contributed by atoms with Crippen LogP contribution in [0.2, 0.25) is 0 Å². The molecular formula is C15H16BrNO. The summed E-state index contributed by atoms with van der Waals surface area (Å²) in [6.45, 7) is 0.884. The molecule has 3 heteroatoms. The first-order valence-electron chi connectivity index (χ1n) is 6.34. The maximum Gasteiger partial charge on any atom is 0.0807 e. The second-order valence-electron chi connectivity index (χ2n) is 4.88. The van der Waals surface area contributed by atoms with Crippen molar-refractivity contribution in [3.8, 4) is 0 Å². The molecule has 1 atom stereocenters. The van der Waals surface area contributed by atoms with E-state index in [1.807, 2.05) is 0 Å². The summed E-state index contributed by atoms with van der Waals surface area (Å²) in [6.07, 6.45) is 4.89. The molecule has 0 radical (unpaired) electrons. The fourth-order valence-corrected chi connectivity index (χ4v) is 2.93. The largest absolute Gasteiger partial charge is 0.388 e. The summed E-state index contributed by atoms with van der Waals surface area (Å²) in [4.78, 5) is 0. The van der Waals surface area contributed by atoms with Crippen molar-refractivity contribution in [1.29, 1.82) is 0 Å². The van der Waals surface area contributed by atoms with Crippen LogP contribution in [0.3, 0.4) is 0 Å². The van der Waals surface area contributed by atoms with Crippen molar-refractivity contribution in [1.82, 2.24) is 4.57 Å². The van der Waals surface area contributed by atoms with E-state index in [0.29, 0.717) is 0 Å². The van der Waals surface area contributed by atoms with Crippen molar-refractivity contribution >= 4 is 15.9 Å². The fraction of sp³-hybridized carbons (Fsp3) is 0.333. The fourth-order valence-electron chi connectivity index (χ4n) is 2.67. The minimum absolute atomic E-state index is 0.264. The van der Waals surface area contributed by atoms with E-state index in [0.717, 1.165) is 35.8 Å². The highest BCUT2D eigenvalue weighted by molar-refractivity contribution is 9.10. The van der Waals surface area contributed by atoms with E-state index in [9.17, 15) is 5.11 Å². The Morgan fingerprint density at radius 2 is 2.00 bits per heavy atom. The van der Waals surface area contributed by atoms with Crippen molar-refractivity contribution < 1.29 is 5.11 Å². The smallest absolute Gasteiger partial charge is 0.0807 e. The molecule has 18 heavy (non-hydrogen) atoms. The van der Waals surface area contributed by atoms with Gasteiger partial charge in [0.2, 0.25) is 0 Å². The van der Waals surface area contributed by atoms with Crippen LogP contribution in [0.15, 0.2) is 41.0 Å². The Morgan fingerprint density at radius 3 is 2.78 bits per heavy atom. The number of aliphatic hydroxyl groups excluding tert-OH is 1. The summed E-state index contributed by atoms with van der Waals surface area (Å²) < 4.78 is 3.37. The summed E-state index contributed by atoms with van der Waals surface area (Å²) >= 11 is 3.45. The number of halogens is 1. The first kappa shape index (κ1) is 12.0. The van der Waals surface area contributed by atoms with Crippen LogP contribution in [-0.4, -0.2) is 9.67 Å². The predicted molar refractivity (Wildman–Crippen MR) is 75.6 cm³/mol. The van der Waals surface area contributed by atoms with E-state index in [1.165, 1.54) is 11.3 Å². The Kier molecular flexibility index (Phi) is 3.27. The standard InChI is InChI=1S/C15H16BrNO/c16-12-6-4-11(5-7-12)10-17-9-8-13-14(17)2-1-3-15(13)18/h4-9,15,18H,1-3,10H2. The Bertz CT molecular complexity index is 544. The molecule has 2 nitrogen and oxygen atoms in total. The van der Waals surface area contributed by atoms with Gasteiger partial charge in [-0.25, -0.2) is 0 Å². The van der Waals surface area contributed by atoms with Gasteiger partial charge in [0, 0.05) is 28.5 Å². The lowest BCUT2D eigenvalue weighted by atomic mass is 9.95. The van der Waals surface area contributed by atoms with Gasteiger partial charge in [0.25, 0.3) is 0 Å². The first-order chi connectivity index (χ1) is 8.74. The highest BCUT2D eigenvalue weighted by Crippen LogP contribution is 2.30. The molecule has 1 heterocycles. The van der Waals surface area contributed by atoms with Crippen molar-refractivity contribution in [3.05, 3.63) is 57.8 Å². The number of nitrogens with zero attached hydrogens (tertiary/aromatic N) is 1. The average molecular weight is 306 g/mol. The van der Waals surface area contributed by atoms with Gasteiger partial charge >= 0.3 is 0 Å². The average Bonchev–Trinajstić information content (AvgIpc) is 2.77. The number of benzene rings is 1. The second-order valence-corrected chi connectivity index (χ2v) is 5.80. The van der Waals surface area contributed by atoms with Gasteiger partial charge in [-0.1, -0.05) is 28.1 Å². The number of fused-ring (bicyclic) bond motifs is 1. The van der Waals surface area contributed by atoms with Gasteiger partial charge in [-0.15, -0.1) is 0 Å². The summed E-state index contributed by atoms with van der Waals surface area (Å²) in [5.74, 6) is 0. The zero-order chi connectivity index (χ0) is 12.5. The van der Waals surface area contributed by atoms with Crippen molar-refractivity contribution in [3.63, 3.8) is 0 Å². The normalized spacial score (nSPS) is 18.7. The zero-order valence-corrected chi connectivity index (χ0v) is 11.7. The molecule has 1 aromatic carbocycles. The summed E-state index contributed by atoms with van der Waals surface area (Å²) in [5, 5.41) is 9.96. The third-order valence-corrected chi connectivity index (χ3v) is 4.16. The summed E-state index contributed by atoms with van der Waals surface area (Å²) in [7, 11) is 0. The molecule has 0 spiro atoms. The molecule has 0 amide bonds. The molecule has 1 unspecified atom stereocenters. The number of hydrogen-bond donors (Lipinski definition) is 1. The summed E-state index contributed by atoms with van der Waals surface area (Å²) in [5.41, 5.74) is 3.71. The molecule has 0 saturated carbocycles. The van der Waals surface area contributed by atoms with E-state index in [1.54, 1.807) is 0 Å². The van der Waals surface area contributed by atoms with Crippen LogP contribution in [0.5, 0.6) is 0 Å². The van der Waals surface area contributed by atoms with Crippen LogP contribution in [0.1, 0.15) is 35.8 Å². The lowest BCUT2D eigenvalue weighted by Gasteiger charge is -2.20. The van der Waals surface area contributed by atoms with Gasteiger partial charge in [0.05, 0.1) is 6.10 Å². The quantitative estimate of drug-likeness (QED) is 0.900. The number of aromatic nitrogens is 1.